The highest BCUT2D eigenvalue weighted by molar-refractivity contribution is 6.31. The van der Waals surface area contributed by atoms with Crippen LogP contribution >= 0.6 is 11.6 Å². The lowest BCUT2D eigenvalue weighted by Gasteiger charge is -2.19. The molecule has 1 aliphatic heterocycles. The van der Waals surface area contributed by atoms with Crippen molar-refractivity contribution in [2.75, 3.05) is 25.1 Å². The first-order valence-corrected chi connectivity index (χ1v) is 7.90. The number of hydrogen-bond acceptors (Lipinski definition) is 6. The van der Waals surface area contributed by atoms with Crippen LogP contribution in [0.5, 0.6) is 11.5 Å². The number of nitrogens with one attached hydrogen (secondary N) is 1. The Morgan fingerprint density at radius 2 is 2.04 bits per heavy atom. The van der Waals surface area contributed by atoms with Crippen LogP contribution in [-0.2, 0) is 4.79 Å². The lowest BCUT2D eigenvalue weighted by molar-refractivity contribution is -0.121. The monoisotopic (exact) mass is 360 g/mol. The van der Waals surface area contributed by atoms with Crippen LogP contribution in [0, 0.1) is 0 Å². The van der Waals surface area contributed by atoms with Crippen molar-refractivity contribution in [2.45, 2.75) is 0 Å². The van der Waals surface area contributed by atoms with Gasteiger partial charge in [-0.1, -0.05) is 16.4 Å². The summed E-state index contributed by atoms with van der Waals surface area (Å²) in [5, 5.41) is 11.0. The number of carbonyl (C=O) groups is 1. The molecule has 1 N–H and O–H groups in total. The summed E-state index contributed by atoms with van der Waals surface area (Å²) in [4.78, 5) is 18.6. The van der Waals surface area contributed by atoms with Gasteiger partial charge in [0.2, 0.25) is 0 Å². The van der Waals surface area contributed by atoms with Gasteiger partial charge in [0.05, 0.1) is 0 Å². The molecule has 1 aliphatic rings. The maximum atomic E-state index is 12.1. The Balaban J connectivity index is 1.41. The van der Waals surface area contributed by atoms with Crippen molar-refractivity contribution in [1.29, 1.82) is 0 Å². The van der Waals surface area contributed by atoms with E-state index in [4.69, 9.17) is 25.9 Å². The molecule has 25 heavy (non-hydrogen) atoms. The van der Waals surface area contributed by atoms with Crippen LogP contribution in [0.3, 0.4) is 0 Å². The Morgan fingerprint density at radius 3 is 2.92 bits per heavy atom. The van der Waals surface area contributed by atoms with Crippen molar-refractivity contribution in [1.82, 2.24) is 15.2 Å². The highest BCUT2D eigenvalue weighted by Gasteiger charge is 2.13. The van der Waals surface area contributed by atoms with Gasteiger partial charge in [-0.25, -0.2) is 0 Å². The van der Waals surface area contributed by atoms with Crippen LogP contribution in [0.25, 0.3) is 11.0 Å². The van der Waals surface area contributed by atoms with Gasteiger partial charge in [-0.05, 0) is 35.5 Å². The van der Waals surface area contributed by atoms with Gasteiger partial charge >= 0.3 is 0 Å². The lowest BCUT2D eigenvalue weighted by atomic mass is 10.2. The van der Waals surface area contributed by atoms with Gasteiger partial charge < -0.3 is 19.6 Å². The van der Waals surface area contributed by atoms with E-state index >= 15 is 0 Å². The Kier molecular flexibility index (Phi) is 4.02. The quantitative estimate of drug-likeness (QED) is 0.765. The summed E-state index contributed by atoms with van der Waals surface area (Å²) in [5.41, 5.74) is 1.79. The zero-order chi connectivity index (χ0) is 17.2. The molecule has 0 saturated heterocycles. The first-order valence-electron chi connectivity index (χ1n) is 7.53. The van der Waals surface area contributed by atoms with Crippen molar-refractivity contribution >= 4 is 34.2 Å². The molecule has 4 rings (SSSR count). The van der Waals surface area contributed by atoms with Crippen LogP contribution in [0.1, 0.15) is 0 Å². The van der Waals surface area contributed by atoms with E-state index in [2.05, 4.69) is 15.6 Å². The normalized spacial score (nSPS) is 12.8. The van der Waals surface area contributed by atoms with E-state index in [-0.39, 0.29) is 12.5 Å². The molecule has 1 aromatic heterocycles. The summed E-state index contributed by atoms with van der Waals surface area (Å²) in [5.74, 6) is 0.913. The molecule has 0 atom stereocenters. The SMILES string of the molecule is O=C(COn1nnc2ccc(Cl)cc21)Nc1ccc2c(c1)OCCO2. The molecule has 128 valence electrons. The average molecular weight is 361 g/mol. The largest absolute Gasteiger partial charge is 0.486 e. The highest BCUT2D eigenvalue weighted by atomic mass is 35.5. The zero-order valence-electron chi connectivity index (χ0n) is 12.9. The molecule has 0 saturated carbocycles. The van der Waals surface area contributed by atoms with E-state index in [1.807, 2.05) is 0 Å². The number of hydrogen-bond donors (Lipinski definition) is 1. The van der Waals surface area contributed by atoms with Crippen molar-refractivity contribution in [2.24, 2.45) is 0 Å². The first kappa shape index (κ1) is 15.5. The lowest BCUT2D eigenvalue weighted by Crippen LogP contribution is -2.26. The maximum Gasteiger partial charge on any atom is 0.265 e. The van der Waals surface area contributed by atoms with E-state index in [0.717, 1.165) is 0 Å². The second-order valence-electron chi connectivity index (χ2n) is 5.28. The van der Waals surface area contributed by atoms with E-state index in [1.165, 1.54) is 4.85 Å². The highest BCUT2D eigenvalue weighted by Crippen LogP contribution is 2.32. The third-order valence-electron chi connectivity index (χ3n) is 3.52. The number of aromatic nitrogens is 3. The smallest absolute Gasteiger partial charge is 0.265 e. The van der Waals surface area contributed by atoms with Gasteiger partial charge in [0.25, 0.3) is 5.91 Å². The average Bonchev–Trinajstić information content (AvgIpc) is 3.02. The predicted octanol–water partition coefficient (Wildman–Crippen LogP) is 1.92. The summed E-state index contributed by atoms with van der Waals surface area (Å²) >= 11 is 5.95. The van der Waals surface area contributed by atoms with Crippen LogP contribution in [0.2, 0.25) is 5.02 Å². The van der Waals surface area contributed by atoms with Crippen molar-refractivity contribution in [3.8, 4) is 11.5 Å². The van der Waals surface area contributed by atoms with Gasteiger partial charge in [-0.2, -0.15) is 0 Å². The van der Waals surface area contributed by atoms with Gasteiger partial charge in [0.15, 0.2) is 18.1 Å². The van der Waals surface area contributed by atoms with E-state index in [1.54, 1.807) is 36.4 Å². The molecule has 8 nitrogen and oxygen atoms in total. The molecule has 0 unspecified atom stereocenters. The summed E-state index contributed by atoms with van der Waals surface area (Å²) in [7, 11) is 0. The first-order chi connectivity index (χ1) is 12.2. The molecule has 1 amide bonds. The molecule has 2 aromatic carbocycles. The van der Waals surface area contributed by atoms with Gasteiger partial charge in [0, 0.05) is 16.8 Å². The number of fused-ring (bicyclic) bond motifs is 2. The summed E-state index contributed by atoms with van der Waals surface area (Å²) in [6, 6.07) is 10.3. The second kappa shape index (κ2) is 6.48. The number of halogens is 1. The zero-order valence-corrected chi connectivity index (χ0v) is 13.7. The molecule has 2 heterocycles. The Hall–Kier alpha value is -3.00. The second-order valence-corrected chi connectivity index (χ2v) is 5.71. The summed E-state index contributed by atoms with van der Waals surface area (Å²) in [6.07, 6.45) is 0. The van der Waals surface area contributed by atoms with Crippen molar-refractivity contribution in [3.05, 3.63) is 41.4 Å². The van der Waals surface area contributed by atoms with E-state index in [9.17, 15) is 4.79 Å². The molecule has 0 bridgehead atoms. The maximum absolute atomic E-state index is 12.1. The minimum atomic E-state index is -0.345. The fourth-order valence-electron chi connectivity index (χ4n) is 2.40. The molecule has 9 heteroatoms. The Morgan fingerprint density at radius 1 is 1.20 bits per heavy atom. The molecular formula is C16H13ClN4O4. The number of anilines is 1. The van der Waals surface area contributed by atoms with E-state index < -0.39 is 0 Å². The third kappa shape index (κ3) is 3.29. The summed E-state index contributed by atoms with van der Waals surface area (Å²) < 4.78 is 10.9. The molecule has 0 fully saturated rings. The standard InChI is InChI=1S/C16H13ClN4O4/c17-10-1-3-12-13(7-10)21(20-19-12)25-9-16(22)18-11-2-4-14-15(8-11)24-6-5-23-14/h1-4,7-8H,5-6,9H2,(H,18,22). The van der Waals surface area contributed by atoms with Crippen LogP contribution in [0.4, 0.5) is 5.69 Å². The Bertz CT molecular complexity index is 943. The number of amides is 1. The fourth-order valence-corrected chi connectivity index (χ4v) is 2.57. The number of rotatable bonds is 4. The fraction of sp³-hybridized carbons (Fsp3) is 0.188. The minimum absolute atomic E-state index is 0.237. The topological polar surface area (TPSA) is 87.5 Å². The number of benzene rings is 2. The van der Waals surface area contributed by atoms with E-state index in [0.29, 0.717) is 46.5 Å². The van der Waals surface area contributed by atoms with Crippen LogP contribution in [0.15, 0.2) is 36.4 Å². The predicted molar refractivity (Wildman–Crippen MR) is 90.0 cm³/mol. The third-order valence-corrected chi connectivity index (χ3v) is 3.76. The van der Waals surface area contributed by atoms with Gasteiger partial charge in [0.1, 0.15) is 24.2 Å². The molecule has 0 aliphatic carbocycles. The Labute approximate surface area is 147 Å². The molecule has 0 spiro atoms. The van der Waals surface area contributed by atoms with Gasteiger partial charge in [-0.3, -0.25) is 4.79 Å². The number of nitrogens with zero attached hydrogens (tertiary/aromatic N) is 3. The van der Waals surface area contributed by atoms with Crippen LogP contribution < -0.4 is 19.6 Å². The van der Waals surface area contributed by atoms with Crippen molar-refractivity contribution in [3.63, 3.8) is 0 Å². The van der Waals surface area contributed by atoms with Gasteiger partial charge in [-0.15, -0.1) is 5.10 Å². The molecule has 3 aromatic rings. The summed E-state index contributed by atoms with van der Waals surface area (Å²) in [6.45, 7) is 0.761. The van der Waals surface area contributed by atoms with Crippen LogP contribution in [-0.4, -0.2) is 40.9 Å². The minimum Gasteiger partial charge on any atom is -0.486 e. The molecule has 0 radical (unpaired) electrons. The van der Waals surface area contributed by atoms with Crippen molar-refractivity contribution < 1.29 is 19.1 Å². The number of carbonyl (C=O) groups excluding carboxylic acids is 1. The molecular weight excluding hydrogens is 348 g/mol. The number of ether oxygens (including phenoxy) is 2.